The number of aliphatic hydroxyl groups excluding tert-OH is 1. The molecule has 416 valence electrons. The van der Waals surface area contributed by atoms with Gasteiger partial charge in [-0.3, -0.25) is 0 Å². The van der Waals surface area contributed by atoms with Gasteiger partial charge in [0, 0.05) is 46.3 Å². The first-order chi connectivity index (χ1) is 31.5. The van der Waals surface area contributed by atoms with Gasteiger partial charge < -0.3 is 27.5 Å². The van der Waals surface area contributed by atoms with Crippen molar-refractivity contribution in [3.8, 4) is 5.75 Å². The Hall–Kier alpha value is 0.648. The molecule has 0 amide bonds. The molecule has 0 aromatic heterocycles. The van der Waals surface area contributed by atoms with Gasteiger partial charge in [0.15, 0.2) is 33.3 Å². The lowest BCUT2D eigenvalue weighted by Gasteiger charge is -2.39. The van der Waals surface area contributed by atoms with Gasteiger partial charge in [0.2, 0.25) is 0 Å². The van der Waals surface area contributed by atoms with Crippen molar-refractivity contribution in [3.05, 3.63) is 26.6 Å². The van der Waals surface area contributed by atoms with Crippen molar-refractivity contribution in [3.63, 3.8) is 0 Å². The van der Waals surface area contributed by atoms with E-state index in [9.17, 15) is 5.11 Å². The summed E-state index contributed by atoms with van der Waals surface area (Å²) in [6.07, 6.45) is 18.8. The van der Waals surface area contributed by atoms with Crippen LogP contribution in [0.4, 0.5) is 0 Å². The van der Waals surface area contributed by atoms with Crippen molar-refractivity contribution in [2.24, 2.45) is 29.6 Å². The van der Waals surface area contributed by atoms with Crippen molar-refractivity contribution >= 4 is 65.1 Å². The third kappa shape index (κ3) is 22.3. The Morgan fingerprint density at radius 2 is 0.900 bits per heavy atom. The fraction of sp³-hybridized carbons (Fsp3) is 0.897. The number of hydrogen-bond acceptors (Lipinski definition) is 6. The summed E-state index contributed by atoms with van der Waals surface area (Å²) in [6, 6.07) is 4.68. The molecular weight excluding hydrogens is 1060 g/mol. The number of unbranched alkanes of at least 4 members (excludes halogenated alkanes) is 2. The van der Waals surface area contributed by atoms with Gasteiger partial charge in [-0.15, -0.1) is 0 Å². The second-order valence-corrected chi connectivity index (χ2v) is 48.8. The molecule has 2 saturated carbocycles. The molecule has 1 aromatic carbocycles. The van der Waals surface area contributed by atoms with E-state index in [4.69, 9.17) is 22.4 Å². The molecule has 0 spiro atoms. The highest BCUT2D eigenvalue weighted by Crippen LogP contribution is 2.47. The molecule has 1 N–H and O–H groups in total. The van der Waals surface area contributed by atoms with Gasteiger partial charge in [-0.1, -0.05) is 136 Å². The Labute approximate surface area is 458 Å². The molecule has 2 fully saturated rings. The molecule has 0 heterocycles. The maximum absolute atomic E-state index is 9.33. The topological polar surface area (TPSA) is 66.4 Å². The summed E-state index contributed by atoms with van der Waals surface area (Å²) in [5.41, 5.74) is 1.46. The van der Waals surface area contributed by atoms with Crippen LogP contribution in [0.2, 0.25) is 72.5 Å². The quantitative estimate of drug-likeness (QED) is 0.0822. The molecule has 0 aliphatic heterocycles. The highest BCUT2D eigenvalue weighted by atomic mass is 79.9. The first kappa shape index (κ1) is 68.7. The molecule has 0 radical (unpaired) electrons. The van der Waals surface area contributed by atoms with Crippen LogP contribution < -0.4 is 4.74 Å². The summed E-state index contributed by atoms with van der Waals surface area (Å²) in [4.78, 5) is 0. The zero-order valence-corrected chi connectivity index (χ0v) is 56.2. The van der Waals surface area contributed by atoms with Crippen molar-refractivity contribution in [2.75, 3.05) is 39.6 Å². The van der Waals surface area contributed by atoms with E-state index in [0.29, 0.717) is 31.7 Å². The van der Waals surface area contributed by atoms with Crippen LogP contribution in [-0.2, 0) is 17.7 Å². The van der Waals surface area contributed by atoms with Crippen LogP contribution in [0.1, 0.15) is 200 Å². The number of rotatable bonds is 24. The van der Waals surface area contributed by atoms with Gasteiger partial charge in [-0.25, -0.2) is 0 Å². The van der Waals surface area contributed by atoms with Crippen molar-refractivity contribution < 1.29 is 29.0 Å². The third-order valence-corrected chi connectivity index (χ3v) is 37.5. The van der Waals surface area contributed by atoms with Crippen LogP contribution in [0.15, 0.2) is 21.1 Å². The Morgan fingerprint density at radius 1 is 0.557 bits per heavy atom. The van der Waals surface area contributed by atoms with E-state index in [0.717, 1.165) is 58.5 Å². The molecule has 0 bridgehead atoms. The molecule has 1 aromatic rings. The lowest BCUT2D eigenvalue weighted by Crippen LogP contribution is -2.44. The van der Waals surface area contributed by atoms with Crippen LogP contribution >= 0.6 is 31.9 Å². The molecule has 12 heteroatoms. The Kier molecular flexibility index (Phi) is 28.8. The minimum absolute atomic E-state index is 0. The van der Waals surface area contributed by atoms with Crippen LogP contribution in [-0.4, -0.2) is 78.0 Å². The predicted octanol–water partition coefficient (Wildman–Crippen LogP) is 20.2. The van der Waals surface area contributed by atoms with E-state index in [1.807, 2.05) is 0 Å². The Morgan fingerprint density at radius 3 is 1.23 bits per heavy atom. The van der Waals surface area contributed by atoms with Gasteiger partial charge in [0.1, 0.15) is 5.75 Å². The molecule has 0 atom stereocenters. The minimum Gasteiger partial charge on any atom is -0.491 e. The number of aliphatic hydroxyl groups is 1. The molecule has 2 aliphatic carbocycles. The van der Waals surface area contributed by atoms with Gasteiger partial charge >= 0.3 is 0 Å². The van der Waals surface area contributed by atoms with Crippen LogP contribution in [0.3, 0.4) is 0 Å². The van der Waals surface area contributed by atoms with Crippen molar-refractivity contribution in [1.29, 1.82) is 0 Å². The Bertz CT molecular complexity index is 1540. The molecule has 6 nitrogen and oxygen atoms in total. The van der Waals surface area contributed by atoms with Crippen molar-refractivity contribution in [1.82, 2.24) is 0 Å². The molecule has 3 rings (SSSR count). The molecular formula is C58H118Br2O6Si4. The summed E-state index contributed by atoms with van der Waals surface area (Å²) >= 11 is 7.80. The first-order valence-electron chi connectivity index (χ1n) is 27.8. The van der Waals surface area contributed by atoms with E-state index in [2.05, 4.69) is 186 Å². The van der Waals surface area contributed by atoms with Crippen LogP contribution in [0.25, 0.3) is 0 Å². The molecule has 2 aliphatic rings. The summed E-state index contributed by atoms with van der Waals surface area (Å²) < 4.78 is 34.7. The minimum atomic E-state index is -1.85. The van der Waals surface area contributed by atoms with E-state index >= 15 is 0 Å². The molecule has 0 saturated heterocycles. The maximum atomic E-state index is 9.33. The number of halogens is 2. The van der Waals surface area contributed by atoms with E-state index < -0.39 is 33.3 Å². The number of hydrogen-bond donors (Lipinski definition) is 1. The Balaban J connectivity index is 0.00000173. The lowest BCUT2D eigenvalue weighted by molar-refractivity contribution is 0.131. The third-order valence-electron chi connectivity index (χ3n) is 18.3. The van der Waals surface area contributed by atoms with Gasteiger partial charge in [-0.2, -0.15) is 0 Å². The fourth-order valence-corrected chi connectivity index (χ4v) is 14.4. The van der Waals surface area contributed by atoms with Gasteiger partial charge in [0.25, 0.3) is 0 Å². The SMILES string of the molecule is C.CC(C)(C)[Si](C)(C)OCC(CCO)CO[Si](C)(C)C(C)(C)C.CCCCCC1CCC(C2CCC(c3cc(Br)c(OCCC(CO[Si](C)(C)C(C)(C)C)CO[Si](C)(C)C(C)(C)C)c(Br)c3)CC2)CC1.[2HH]. The van der Waals surface area contributed by atoms with Crippen molar-refractivity contribution in [2.45, 2.75) is 266 Å². The second kappa shape index (κ2) is 29.4. The van der Waals surface area contributed by atoms with E-state index in [1.165, 1.54) is 82.6 Å². The smallest absolute Gasteiger partial charge is 0.191 e. The highest BCUT2D eigenvalue weighted by molar-refractivity contribution is 9.11. The normalized spacial score (nSPS) is 20.3. The first-order valence-corrected chi connectivity index (χ1v) is 41.0. The number of ether oxygens (including phenoxy) is 1. The largest absolute Gasteiger partial charge is 0.491 e. The second-order valence-electron chi connectivity index (χ2n) is 27.9. The van der Waals surface area contributed by atoms with Crippen LogP contribution in [0, 0.1) is 29.6 Å². The summed E-state index contributed by atoms with van der Waals surface area (Å²) in [7, 11) is -7.16. The summed E-state index contributed by atoms with van der Waals surface area (Å²) in [6.45, 7) is 51.9. The summed E-state index contributed by atoms with van der Waals surface area (Å²) in [5, 5.41) is 10.2. The van der Waals surface area contributed by atoms with Crippen LogP contribution in [0.5, 0.6) is 5.75 Å². The monoisotopic (exact) mass is 1180 g/mol. The average Bonchev–Trinajstić information content (AvgIpc) is 3.22. The standard InChI is InChI=1S/C40H72Br2O3Si2.C17H40O3Si2.CH4.H2/c1-12-13-14-15-30-16-18-32(19-17-30)33-20-22-34(23-21-33)35-26-36(41)38(37(42)27-35)43-25-24-31(28-44-46(8,9)39(2,3)4)29-45-47(10,11)40(5,6)7;1-16(2,3)21(7,8)19-13-15(11-12-18)14-20-22(9,10)17(4,5)6;;/h26-27,30-34H,12-25,28-29H2,1-11H3;15,18H,11-14H2,1-10H3;1H4;1H/i;;;1+1. The summed E-state index contributed by atoms with van der Waals surface area (Å²) in [5.74, 6) is 5.12. The maximum Gasteiger partial charge on any atom is 0.191 e. The van der Waals surface area contributed by atoms with Gasteiger partial charge in [-0.05, 0) is 197 Å². The zero-order chi connectivity index (χ0) is 52.9. The van der Waals surface area contributed by atoms with Gasteiger partial charge in [0.05, 0.1) is 15.6 Å². The lowest BCUT2D eigenvalue weighted by atomic mass is 9.68. The predicted molar refractivity (Wildman–Crippen MR) is 326 cm³/mol. The van der Waals surface area contributed by atoms with E-state index in [-0.39, 0.29) is 41.5 Å². The molecule has 70 heavy (non-hydrogen) atoms. The highest BCUT2D eigenvalue weighted by Gasteiger charge is 2.42. The van der Waals surface area contributed by atoms with E-state index in [1.54, 1.807) is 0 Å². The average molecular weight is 1180 g/mol. The molecule has 0 unspecified atom stereocenters. The zero-order valence-electron chi connectivity index (χ0n) is 49.0. The number of benzene rings is 1. The fourth-order valence-electron chi connectivity index (χ4n) is 8.62.